The second-order valence-corrected chi connectivity index (χ2v) is 4.65. The molecule has 0 unspecified atom stereocenters. The van der Waals surface area contributed by atoms with E-state index in [2.05, 4.69) is 4.90 Å². The van der Waals surface area contributed by atoms with Crippen molar-refractivity contribution in [3.8, 4) is 5.75 Å². The summed E-state index contributed by atoms with van der Waals surface area (Å²) < 4.78 is 15.7. The zero-order valence-electron chi connectivity index (χ0n) is 11.5. The zero-order chi connectivity index (χ0) is 13.8. The van der Waals surface area contributed by atoms with E-state index in [-0.39, 0.29) is 12.0 Å². The van der Waals surface area contributed by atoms with E-state index >= 15 is 0 Å². The molecule has 0 fully saturated rings. The van der Waals surface area contributed by atoms with Gasteiger partial charge in [-0.1, -0.05) is 6.07 Å². The van der Waals surface area contributed by atoms with Gasteiger partial charge in [-0.05, 0) is 19.2 Å². The zero-order valence-corrected chi connectivity index (χ0v) is 11.5. The molecule has 104 valence electrons. The SMILES string of the molecule is COC[C@@H]1COc2cc(C(=O)OC)ccc2CN1C. The summed E-state index contributed by atoms with van der Waals surface area (Å²) in [5.41, 5.74) is 1.57. The Morgan fingerprint density at radius 3 is 2.95 bits per heavy atom. The molecule has 0 aliphatic carbocycles. The lowest BCUT2D eigenvalue weighted by Crippen LogP contribution is -2.37. The molecule has 0 N–H and O–H groups in total. The van der Waals surface area contributed by atoms with E-state index in [0.29, 0.717) is 18.8 Å². The Labute approximate surface area is 113 Å². The van der Waals surface area contributed by atoms with Gasteiger partial charge >= 0.3 is 5.97 Å². The maximum absolute atomic E-state index is 11.5. The molecule has 0 saturated carbocycles. The number of benzene rings is 1. The molecular weight excluding hydrogens is 246 g/mol. The maximum Gasteiger partial charge on any atom is 0.337 e. The molecule has 1 heterocycles. The Morgan fingerprint density at radius 1 is 1.47 bits per heavy atom. The van der Waals surface area contributed by atoms with Crippen LogP contribution in [0.15, 0.2) is 18.2 Å². The lowest BCUT2D eigenvalue weighted by molar-refractivity contribution is 0.0599. The number of ether oxygens (including phenoxy) is 3. The highest BCUT2D eigenvalue weighted by Gasteiger charge is 2.22. The van der Waals surface area contributed by atoms with E-state index in [1.807, 2.05) is 13.1 Å². The van der Waals surface area contributed by atoms with Gasteiger partial charge in [0, 0.05) is 19.2 Å². The number of rotatable bonds is 3. The Morgan fingerprint density at radius 2 is 2.26 bits per heavy atom. The van der Waals surface area contributed by atoms with Gasteiger partial charge in [-0.25, -0.2) is 4.79 Å². The Balaban J connectivity index is 2.22. The molecule has 0 radical (unpaired) electrons. The van der Waals surface area contributed by atoms with Gasteiger partial charge in [0.25, 0.3) is 0 Å². The fraction of sp³-hybridized carbons (Fsp3) is 0.500. The van der Waals surface area contributed by atoms with Crippen LogP contribution < -0.4 is 4.74 Å². The van der Waals surface area contributed by atoms with Crippen molar-refractivity contribution >= 4 is 5.97 Å². The van der Waals surface area contributed by atoms with Crippen LogP contribution in [0, 0.1) is 0 Å². The molecule has 0 spiro atoms. The molecule has 0 aromatic heterocycles. The second-order valence-electron chi connectivity index (χ2n) is 4.65. The number of carbonyl (C=O) groups is 1. The number of fused-ring (bicyclic) bond motifs is 1. The van der Waals surface area contributed by atoms with E-state index in [0.717, 1.165) is 17.9 Å². The minimum Gasteiger partial charge on any atom is -0.492 e. The Bertz CT molecular complexity index is 461. The van der Waals surface area contributed by atoms with Gasteiger partial charge in [0.1, 0.15) is 12.4 Å². The summed E-state index contributed by atoms with van der Waals surface area (Å²) >= 11 is 0. The van der Waals surface area contributed by atoms with Gasteiger partial charge in [-0.3, -0.25) is 4.90 Å². The van der Waals surface area contributed by atoms with Gasteiger partial charge < -0.3 is 14.2 Å². The van der Waals surface area contributed by atoms with E-state index in [1.54, 1.807) is 19.2 Å². The number of likely N-dealkylation sites (N-methyl/N-ethyl adjacent to an activating group) is 1. The summed E-state index contributed by atoms with van der Waals surface area (Å²) in [6, 6.07) is 5.62. The lowest BCUT2D eigenvalue weighted by atomic mass is 10.1. The van der Waals surface area contributed by atoms with Crippen LogP contribution in [0.2, 0.25) is 0 Å². The summed E-state index contributed by atoms with van der Waals surface area (Å²) in [5.74, 6) is 0.394. The number of esters is 1. The number of hydrogen-bond acceptors (Lipinski definition) is 5. The van der Waals surface area contributed by atoms with Crippen molar-refractivity contribution in [2.24, 2.45) is 0 Å². The highest BCUT2D eigenvalue weighted by Crippen LogP contribution is 2.26. The van der Waals surface area contributed by atoms with Crippen molar-refractivity contribution in [3.63, 3.8) is 0 Å². The van der Waals surface area contributed by atoms with E-state index in [9.17, 15) is 4.79 Å². The third-order valence-corrected chi connectivity index (χ3v) is 3.32. The van der Waals surface area contributed by atoms with Gasteiger partial charge in [0.15, 0.2) is 0 Å². The van der Waals surface area contributed by atoms with Crippen LogP contribution in [0.4, 0.5) is 0 Å². The fourth-order valence-electron chi connectivity index (χ4n) is 2.14. The topological polar surface area (TPSA) is 48.0 Å². The summed E-state index contributed by atoms with van der Waals surface area (Å²) in [6.45, 7) is 1.93. The second kappa shape index (κ2) is 6.04. The van der Waals surface area contributed by atoms with Crippen LogP contribution >= 0.6 is 0 Å². The molecule has 5 heteroatoms. The van der Waals surface area contributed by atoms with Crippen molar-refractivity contribution in [3.05, 3.63) is 29.3 Å². The molecule has 5 nitrogen and oxygen atoms in total. The van der Waals surface area contributed by atoms with E-state index < -0.39 is 0 Å². The molecule has 0 saturated heterocycles. The third-order valence-electron chi connectivity index (χ3n) is 3.32. The molecule has 1 atom stereocenters. The van der Waals surface area contributed by atoms with Crippen molar-refractivity contribution < 1.29 is 19.0 Å². The molecule has 1 aliphatic rings. The van der Waals surface area contributed by atoms with Crippen molar-refractivity contribution in [1.82, 2.24) is 4.90 Å². The molecule has 0 bridgehead atoms. The number of nitrogens with zero attached hydrogens (tertiary/aromatic N) is 1. The highest BCUT2D eigenvalue weighted by atomic mass is 16.5. The van der Waals surface area contributed by atoms with Crippen molar-refractivity contribution in [2.45, 2.75) is 12.6 Å². The van der Waals surface area contributed by atoms with Crippen molar-refractivity contribution in [1.29, 1.82) is 0 Å². The predicted octanol–water partition coefficient (Wildman–Crippen LogP) is 1.31. The molecule has 19 heavy (non-hydrogen) atoms. The first-order valence-electron chi connectivity index (χ1n) is 6.19. The van der Waals surface area contributed by atoms with Crippen LogP contribution in [-0.2, 0) is 16.0 Å². The lowest BCUT2D eigenvalue weighted by Gasteiger charge is -2.23. The summed E-state index contributed by atoms with van der Waals surface area (Å²) in [6.07, 6.45) is 0. The minimum absolute atomic E-state index is 0.207. The minimum atomic E-state index is -0.350. The van der Waals surface area contributed by atoms with Gasteiger partial charge in [0.2, 0.25) is 0 Å². The maximum atomic E-state index is 11.5. The number of hydrogen-bond donors (Lipinski definition) is 0. The quantitative estimate of drug-likeness (QED) is 0.771. The fourth-order valence-corrected chi connectivity index (χ4v) is 2.14. The average Bonchev–Trinajstić information content (AvgIpc) is 2.57. The smallest absolute Gasteiger partial charge is 0.337 e. The van der Waals surface area contributed by atoms with Crippen LogP contribution in [0.3, 0.4) is 0 Å². The third kappa shape index (κ3) is 3.05. The van der Waals surface area contributed by atoms with Gasteiger partial charge in [-0.15, -0.1) is 0 Å². The molecule has 2 rings (SSSR count). The summed E-state index contributed by atoms with van der Waals surface area (Å²) in [4.78, 5) is 13.7. The van der Waals surface area contributed by atoms with Crippen LogP contribution in [0.5, 0.6) is 5.75 Å². The van der Waals surface area contributed by atoms with Crippen LogP contribution in [-0.4, -0.2) is 51.4 Å². The monoisotopic (exact) mass is 265 g/mol. The first kappa shape index (κ1) is 13.8. The van der Waals surface area contributed by atoms with Gasteiger partial charge in [0.05, 0.1) is 25.3 Å². The highest BCUT2D eigenvalue weighted by molar-refractivity contribution is 5.89. The first-order chi connectivity index (χ1) is 9.15. The summed E-state index contributed by atoms with van der Waals surface area (Å²) in [5, 5.41) is 0. The molecule has 1 aromatic carbocycles. The molecular formula is C14H19NO4. The van der Waals surface area contributed by atoms with Crippen LogP contribution in [0.1, 0.15) is 15.9 Å². The standard InChI is InChI=1S/C14H19NO4/c1-15-7-11-5-4-10(14(16)18-3)6-13(11)19-9-12(15)8-17-2/h4-6,12H,7-9H2,1-3H3/t12-/m1/s1. The van der Waals surface area contributed by atoms with Gasteiger partial charge in [-0.2, -0.15) is 0 Å². The molecule has 0 amide bonds. The van der Waals surface area contributed by atoms with Crippen molar-refractivity contribution in [2.75, 3.05) is 34.5 Å². The molecule has 1 aromatic rings. The largest absolute Gasteiger partial charge is 0.492 e. The Hall–Kier alpha value is -1.59. The first-order valence-corrected chi connectivity index (χ1v) is 6.19. The number of carbonyl (C=O) groups excluding carboxylic acids is 1. The average molecular weight is 265 g/mol. The van der Waals surface area contributed by atoms with Crippen LogP contribution in [0.25, 0.3) is 0 Å². The normalized spacial score (nSPS) is 19.2. The Kier molecular flexibility index (Phi) is 4.39. The predicted molar refractivity (Wildman–Crippen MR) is 70.4 cm³/mol. The van der Waals surface area contributed by atoms with E-state index in [1.165, 1.54) is 7.11 Å². The molecule has 1 aliphatic heterocycles. The summed E-state index contributed by atoms with van der Waals surface area (Å²) in [7, 11) is 5.09. The van der Waals surface area contributed by atoms with E-state index in [4.69, 9.17) is 14.2 Å². The number of methoxy groups -OCH3 is 2.